The highest BCUT2D eigenvalue weighted by Gasteiger charge is 2.18. The lowest BCUT2D eigenvalue weighted by Gasteiger charge is -2.13. The van der Waals surface area contributed by atoms with Gasteiger partial charge in [-0.25, -0.2) is 4.79 Å². The summed E-state index contributed by atoms with van der Waals surface area (Å²) >= 11 is 0. The fraction of sp³-hybridized carbons (Fsp3) is 0.192. The van der Waals surface area contributed by atoms with Gasteiger partial charge in [0.25, 0.3) is 5.91 Å². The van der Waals surface area contributed by atoms with E-state index in [4.69, 9.17) is 4.74 Å². The maximum atomic E-state index is 12.7. The van der Waals surface area contributed by atoms with Gasteiger partial charge in [-0.3, -0.25) is 4.79 Å². The number of ether oxygens (including phenoxy) is 1. The number of nitrogens with zero attached hydrogens (tertiary/aromatic N) is 2. The van der Waals surface area contributed by atoms with Crippen LogP contribution < -0.4 is 5.32 Å². The van der Waals surface area contributed by atoms with Gasteiger partial charge in [0.2, 0.25) is 0 Å². The summed E-state index contributed by atoms with van der Waals surface area (Å²) in [6, 6.07) is 16.6. The Morgan fingerprint density at radius 1 is 1.03 bits per heavy atom. The lowest BCUT2D eigenvalue weighted by Crippen LogP contribution is -2.13. The van der Waals surface area contributed by atoms with E-state index in [0.717, 1.165) is 22.5 Å². The van der Waals surface area contributed by atoms with Crippen LogP contribution in [0, 0.1) is 39.0 Å². The first-order chi connectivity index (χ1) is 15.3. The first-order valence-corrected chi connectivity index (χ1v) is 10.1. The van der Waals surface area contributed by atoms with Crippen molar-refractivity contribution in [3.63, 3.8) is 0 Å². The second kappa shape index (κ2) is 9.36. The van der Waals surface area contributed by atoms with Crippen LogP contribution in [0.2, 0.25) is 0 Å². The van der Waals surface area contributed by atoms with E-state index < -0.39 is 11.9 Å². The maximum absolute atomic E-state index is 12.7. The Hall–Kier alpha value is -4.11. The Morgan fingerprint density at radius 3 is 2.41 bits per heavy atom. The summed E-state index contributed by atoms with van der Waals surface area (Å²) in [5.41, 5.74) is 6.28. The second-order valence-corrected chi connectivity index (χ2v) is 7.59. The quantitative estimate of drug-likeness (QED) is 0.351. The molecular weight excluding hydrogens is 402 g/mol. The van der Waals surface area contributed by atoms with E-state index in [1.807, 2.05) is 74.7 Å². The minimum Gasteiger partial charge on any atom is -0.465 e. The van der Waals surface area contributed by atoms with Crippen LogP contribution >= 0.6 is 0 Å². The minimum atomic E-state index is -0.476. The van der Waals surface area contributed by atoms with Gasteiger partial charge in [0.05, 0.1) is 18.4 Å². The van der Waals surface area contributed by atoms with Crippen LogP contribution in [0.1, 0.15) is 38.4 Å². The van der Waals surface area contributed by atoms with Crippen molar-refractivity contribution >= 4 is 23.6 Å². The second-order valence-electron chi connectivity index (χ2n) is 7.59. The highest BCUT2D eigenvalue weighted by atomic mass is 16.5. The van der Waals surface area contributed by atoms with Gasteiger partial charge >= 0.3 is 5.97 Å². The number of aromatic nitrogens is 1. The van der Waals surface area contributed by atoms with Crippen molar-refractivity contribution in [1.29, 1.82) is 5.26 Å². The number of hydrogen-bond donors (Lipinski definition) is 1. The number of nitrogens with one attached hydrogen (secondary N) is 1. The molecule has 3 rings (SSSR count). The van der Waals surface area contributed by atoms with Gasteiger partial charge in [-0.15, -0.1) is 0 Å². The summed E-state index contributed by atoms with van der Waals surface area (Å²) in [7, 11) is 1.34. The van der Waals surface area contributed by atoms with Crippen LogP contribution in [0.4, 0.5) is 5.69 Å². The predicted molar refractivity (Wildman–Crippen MR) is 125 cm³/mol. The summed E-state index contributed by atoms with van der Waals surface area (Å²) < 4.78 is 6.82. The summed E-state index contributed by atoms with van der Waals surface area (Å²) in [5, 5.41) is 12.4. The molecule has 0 unspecified atom stereocenters. The molecular formula is C26H25N3O3. The number of nitriles is 1. The van der Waals surface area contributed by atoms with Gasteiger partial charge in [-0.2, -0.15) is 5.26 Å². The number of esters is 1. The molecule has 0 bridgehead atoms. The van der Waals surface area contributed by atoms with Crippen molar-refractivity contribution < 1.29 is 14.3 Å². The first-order valence-electron chi connectivity index (χ1n) is 10.1. The molecule has 1 N–H and O–H groups in total. The number of rotatable bonds is 5. The normalized spacial score (nSPS) is 11.1. The van der Waals surface area contributed by atoms with Gasteiger partial charge < -0.3 is 14.6 Å². The fourth-order valence-corrected chi connectivity index (χ4v) is 3.58. The Labute approximate surface area is 187 Å². The number of methoxy groups -OCH3 is 1. The number of anilines is 1. The molecule has 0 aliphatic heterocycles. The Morgan fingerprint density at radius 2 is 1.75 bits per heavy atom. The van der Waals surface area contributed by atoms with E-state index in [-0.39, 0.29) is 5.57 Å². The Bertz CT molecular complexity index is 1280. The van der Waals surface area contributed by atoms with Crippen LogP contribution in [0.3, 0.4) is 0 Å². The van der Waals surface area contributed by atoms with Gasteiger partial charge in [0, 0.05) is 17.1 Å². The van der Waals surface area contributed by atoms with Crippen molar-refractivity contribution in [3.8, 4) is 11.8 Å². The molecule has 1 amide bonds. The number of amides is 1. The Kier molecular flexibility index (Phi) is 6.60. The fourth-order valence-electron chi connectivity index (χ4n) is 3.58. The van der Waals surface area contributed by atoms with Gasteiger partial charge in [-0.05, 0) is 80.8 Å². The molecule has 32 heavy (non-hydrogen) atoms. The molecule has 0 fully saturated rings. The number of benzene rings is 2. The van der Waals surface area contributed by atoms with Crippen LogP contribution in [0.15, 0.2) is 54.1 Å². The molecule has 6 heteroatoms. The zero-order chi connectivity index (χ0) is 23.4. The van der Waals surface area contributed by atoms with E-state index in [9.17, 15) is 14.9 Å². The third-order valence-corrected chi connectivity index (χ3v) is 5.45. The number of para-hydroxylation sites is 1. The summed E-state index contributed by atoms with van der Waals surface area (Å²) in [5.74, 6) is -0.911. The number of aryl methyl sites for hydroxylation is 3. The SMILES string of the molecule is COC(=O)c1ccccc1-n1c(C)cc(/C=C(/C#N)C(=O)Nc2ccc(C)c(C)c2)c1C. The molecule has 0 spiro atoms. The third kappa shape index (κ3) is 4.47. The molecule has 2 aromatic carbocycles. The van der Waals surface area contributed by atoms with Crippen molar-refractivity contribution in [1.82, 2.24) is 4.57 Å². The predicted octanol–water partition coefficient (Wildman–Crippen LogP) is 5.04. The maximum Gasteiger partial charge on any atom is 0.339 e. The average Bonchev–Trinajstić information content (AvgIpc) is 3.06. The first kappa shape index (κ1) is 22.6. The van der Waals surface area contributed by atoms with Crippen molar-refractivity contribution in [3.05, 3.63) is 87.7 Å². The summed E-state index contributed by atoms with van der Waals surface area (Å²) in [6.45, 7) is 7.74. The van der Waals surface area contributed by atoms with Crippen LogP contribution in [-0.2, 0) is 9.53 Å². The molecule has 0 saturated carbocycles. The van der Waals surface area contributed by atoms with Crippen LogP contribution in [0.25, 0.3) is 11.8 Å². The monoisotopic (exact) mass is 427 g/mol. The van der Waals surface area contributed by atoms with Crippen molar-refractivity contribution in [2.45, 2.75) is 27.7 Å². The molecule has 0 atom stereocenters. The average molecular weight is 428 g/mol. The molecule has 162 valence electrons. The smallest absolute Gasteiger partial charge is 0.339 e. The van der Waals surface area contributed by atoms with Gasteiger partial charge in [0.1, 0.15) is 11.6 Å². The van der Waals surface area contributed by atoms with Crippen LogP contribution in [-0.4, -0.2) is 23.6 Å². The minimum absolute atomic E-state index is 0.00951. The molecule has 0 aliphatic rings. The largest absolute Gasteiger partial charge is 0.465 e. The number of hydrogen-bond acceptors (Lipinski definition) is 4. The number of carbonyl (C=O) groups is 2. The van der Waals surface area contributed by atoms with Gasteiger partial charge in [0.15, 0.2) is 0 Å². The molecule has 0 radical (unpaired) electrons. The highest BCUT2D eigenvalue weighted by molar-refractivity contribution is 6.09. The van der Waals surface area contributed by atoms with E-state index in [0.29, 0.717) is 22.5 Å². The molecule has 0 aliphatic carbocycles. The number of carbonyl (C=O) groups excluding carboxylic acids is 2. The molecule has 0 saturated heterocycles. The zero-order valence-electron chi connectivity index (χ0n) is 18.8. The van der Waals surface area contributed by atoms with Gasteiger partial charge in [-0.1, -0.05) is 18.2 Å². The third-order valence-electron chi connectivity index (χ3n) is 5.45. The van der Waals surface area contributed by atoms with Crippen molar-refractivity contribution in [2.75, 3.05) is 12.4 Å². The molecule has 6 nitrogen and oxygen atoms in total. The van der Waals surface area contributed by atoms with E-state index in [2.05, 4.69) is 5.32 Å². The zero-order valence-corrected chi connectivity index (χ0v) is 18.8. The van der Waals surface area contributed by atoms with E-state index in [1.165, 1.54) is 7.11 Å². The molecule has 1 heterocycles. The lowest BCUT2D eigenvalue weighted by atomic mass is 10.1. The summed E-state index contributed by atoms with van der Waals surface area (Å²) in [4.78, 5) is 25.0. The molecule has 1 aromatic heterocycles. The van der Waals surface area contributed by atoms with E-state index in [1.54, 1.807) is 18.2 Å². The summed E-state index contributed by atoms with van der Waals surface area (Å²) in [6.07, 6.45) is 1.57. The van der Waals surface area contributed by atoms with Crippen LogP contribution in [0.5, 0.6) is 0 Å². The van der Waals surface area contributed by atoms with E-state index >= 15 is 0 Å². The lowest BCUT2D eigenvalue weighted by molar-refractivity contribution is -0.112. The Balaban J connectivity index is 1.99. The highest BCUT2D eigenvalue weighted by Crippen LogP contribution is 2.26. The standard InChI is InChI=1S/C26H25N3O3/c1-16-10-11-22(12-17(16)2)28-25(30)21(15-27)14-20-13-18(3)29(19(20)4)24-9-7-6-8-23(24)26(31)32-5/h6-14H,1-5H3,(H,28,30)/b21-14-. The topological polar surface area (TPSA) is 84.1 Å². The molecule has 3 aromatic rings. The van der Waals surface area contributed by atoms with Crippen molar-refractivity contribution in [2.24, 2.45) is 0 Å².